The minimum Gasteiger partial charge on any atom is -0.497 e. The Morgan fingerprint density at radius 1 is 0.758 bits per heavy atom. The third-order valence-corrected chi connectivity index (χ3v) is 5.96. The second-order valence-electron chi connectivity index (χ2n) is 8.17. The molecule has 4 nitrogen and oxygen atoms in total. The van der Waals surface area contributed by atoms with Crippen molar-refractivity contribution in [2.75, 3.05) is 12.4 Å². The number of imidazole rings is 1. The third-order valence-electron chi connectivity index (χ3n) is 5.96. The van der Waals surface area contributed by atoms with Gasteiger partial charge in [0.15, 0.2) is 0 Å². The highest BCUT2D eigenvalue weighted by molar-refractivity contribution is 5.81. The van der Waals surface area contributed by atoms with E-state index in [0.717, 1.165) is 47.5 Å². The smallest absolute Gasteiger partial charge is 0.119 e. The molecule has 0 radical (unpaired) electrons. The Kier molecular flexibility index (Phi) is 6.07. The highest BCUT2D eigenvalue weighted by Gasteiger charge is 2.06. The zero-order chi connectivity index (χ0) is 22.5. The molecule has 0 unspecified atom stereocenters. The maximum Gasteiger partial charge on any atom is 0.119 e. The molecule has 1 N–H and O–H groups in total. The lowest BCUT2D eigenvalue weighted by Gasteiger charge is -2.09. The predicted octanol–water partition coefficient (Wildman–Crippen LogP) is 6.43. The Labute approximate surface area is 194 Å². The average molecular weight is 434 g/mol. The van der Waals surface area contributed by atoms with Gasteiger partial charge in [-0.25, -0.2) is 4.98 Å². The Morgan fingerprint density at radius 3 is 2.18 bits per heavy atom. The fraction of sp³-hybridized carbons (Fsp3) is 0.138. The Morgan fingerprint density at radius 2 is 1.45 bits per heavy atom. The summed E-state index contributed by atoms with van der Waals surface area (Å²) < 4.78 is 7.35. The molecule has 1 aromatic heterocycles. The highest BCUT2D eigenvalue weighted by atomic mass is 16.5. The summed E-state index contributed by atoms with van der Waals surface area (Å²) in [6, 6.07) is 33.9. The van der Waals surface area contributed by atoms with Crippen molar-refractivity contribution >= 4 is 16.7 Å². The van der Waals surface area contributed by atoms with Crippen LogP contribution in [0, 0.1) is 0 Å². The van der Waals surface area contributed by atoms with Crippen molar-refractivity contribution in [2.24, 2.45) is 0 Å². The van der Waals surface area contributed by atoms with E-state index in [4.69, 9.17) is 4.74 Å². The first-order valence-corrected chi connectivity index (χ1v) is 11.3. The van der Waals surface area contributed by atoms with Gasteiger partial charge in [-0.05, 0) is 72.0 Å². The van der Waals surface area contributed by atoms with Crippen LogP contribution in [-0.2, 0) is 19.4 Å². The quantitative estimate of drug-likeness (QED) is 0.306. The molecule has 4 aromatic carbocycles. The Balaban J connectivity index is 1.21. The Hall–Kier alpha value is -4.05. The van der Waals surface area contributed by atoms with Crippen LogP contribution < -0.4 is 10.1 Å². The zero-order valence-corrected chi connectivity index (χ0v) is 18.7. The Bertz CT molecular complexity index is 1320. The lowest BCUT2D eigenvalue weighted by molar-refractivity contribution is 0.415. The molecule has 0 fully saturated rings. The second kappa shape index (κ2) is 9.61. The van der Waals surface area contributed by atoms with Crippen molar-refractivity contribution in [2.45, 2.75) is 19.4 Å². The van der Waals surface area contributed by atoms with Gasteiger partial charge in [-0.2, -0.15) is 0 Å². The van der Waals surface area contributed by atoms with E-state index >= 15 is 0 Å². The van der Waals surface area contributed by atoms with Gasteiger partial charge in [-0.15, -0.1) is 0 Å². The van der Waals surface area contributed by atoms with Crippen molar-refractivity contribution < 1.29 is 4.74 Å². The van der Waals surface area contributed by atoms with Crippen LogP contribution in [0.2, 0.25) is 0 Å². The third kappa shape index (κ3) is 4.90. The number of aryl methyl sites for hydroxylation is 2. The molecule has 5 aromatic rings. The monoisotopic (exact) mass is 433 g/mol. The van der Waals surface area contributed by atoms with Crippen molar-refractivity contribution in [1.29, 1.82) is 0 Å². The van der Waals surface area contributed by atoms with Crippen molar-refractivity contribution in [3.05, 3.63) is 120 Å². The summed E-state index contributed by atoms with van der Waals surface area (Å²) in [5.41, 5.74) is 8.19. The summed E-state index contributed by atoms with van der Waals surface area (Å²) in [4.78, 5) is 4.60. The zero-order valence-electron chi connectivity index (χ0n) is 18.7. The average Bonchev–Trinajstić information content (AvgIpc) is 3.31. The predicted molar refractivity (Wildman–Crippen MR) is 135 cm³/mol. The molecule has 0 aliphatic heterocycles. The molecule has 33 heavy (non-hydrogen) atoms. The van der Waals surface area contributed by atoms with Crippen LogP contribution in [0.15, 0.2) is 103 Å². The van der Waals surface area contributed by atoms with E-state index in [0.29, 0.717) is 0 Å². The highest BCUT2D eigenvalue weighted by Crippen LogP contribution is 2.23. The molecule has 0 atom stereocenters. The SMILES string of the molecule is COc1ccc(-n2cnc3cc(NCc4ccc(CCc5ccccc5)cc4)ccc32)cc1. The second-order valence-corrected chi connectivity index (χ2v) is 8.17. The van der Waals surface area contributed by atoms with Crippen molar-refractivity contribution in [3.63, 3.8) is 0 Å². The number of fused-ring (bicyclic) bond motifs is 1. The van der Waals surface area contributed by atoms with Gasteiger partial charge in [0.1, 0.15) is 12.1 Å². The number of methoxy groups -OCH3 is 1. The summed E-state index contributed by atoms with van der Waals surface area (Å²) in [5, 5.41) is 3.53. The summed E-state index contributed by atoms with van der Waals surface area (Å²) in [7, 11) is 1.68. The normalized spacial score (nSPS) is 10.9. The van der Waals surface area contributed by atoms with E-state index < -0.39 is 0 Å². The first-order valence-electron chi connectivity index (χ1n) is 11.3. The van der Waals surface area contributed by atoms with E-state index in [1.807, 2.05) is 30.6 Å². The van der Waals surface area contributed by atoms with Crippen LogP contribution in [0.3, 0.4) is 0 Å². The van der Waals surface area contributed by atoms with E-state index in [-0.39, 0.29) is 0 Å². The van der Waals surface area contributed by atoms with E-state index in [1.165, 1.54) is 16.7 Å². The molecular weight excluding hydrogens is 406 g/mol. The van der Waals surface area contributed by atoms with Crippen molar-refractivity contribution in [3.8, 4) is 11.4 Å². The van der Waals surface area contributed by atoms with Gasteiger partial charge in [0.2, 0.25) is 0 Å². The molecule has 0 bridgehead atoms. The van der Waals surface area contributed by atoms with Gasteiger partial charge in [0.05, 0.1) is 18.1 Å². The number of rotatable bonds is 8. The van der Waals surface area contributed by atoms with Crippen LogP contribution in [-0.4, -0.2) is 16.7 Å². The number of benzene rings is 4. The number of ether oxygens (including phenoxy) is 1. The van der Waals surface area contributed by atoms with E-state index in [2.05, 4.69) is 87.7 Å². The lowest BCUT2D eigenvalue weighted by atomic mass is 10.0. The summed E-state index contributed by atoms with van der Waals surface area (Å²) in [5.74, 6) is 0.846. The van der Waals surface area contributed by atoms with E-state index in [9.17, 15) is 0 Å². The lowest BCUT2D eigenvalue weighted by Crippen LogP contribution is -2.00. The van der Waals surface area contributed by atoms with Gasteiger partial charge >= 0.3 is 0 Å². The van der Waals surface area contributed by atoms with E-state index in [1.54, 1.807) is 7.11 Å². The van der Waals surface area contributed by atoms with Gasteiger partial charge in [-0.1, -0.05) is 54.6 Å². The summed E-state index contributed by atoms with van der Waals surface area (Å²) in [6.45, 7) is 0.781. The fourth-order valence-electron chi connectivity index (χ4n) is 4.03. The van der Waals surface area contributed by atoms with Crippen LogP contribution in [0.1, 0.15) is 16.7 Å². The molecule has 0 aliphatic rings. The maximum atomic E-state index is 5.26. The number of aromatic nitrogens is 2. The minimum absolute atomic E-state index is 0.781. The topological polar surface area (TPSA) is 39.1 Å². The molecule has 1 heterocycles. The van der Waals surface area contributed by atoms with Gasteiger partial charge < -0.3 is 10.1 Å². The molecule has 0 amide bonds. The summed E-state index contributed by atoms with van der Waals surface area (Å²) >= 11 is 0. The number of anilines is 1. The van der Waals surface area contributed by atoms with Crippen LogP contribution in [0.25, 0.3) is 16.7 Å². The number of nitrogens with one attached hydrogen (secondary N) is 1. The molecular formula is C29H27N3O. The fourth-order valence-corrected chi connectivity index (χ4v) is 4.03. The van der Waals surface area contributed by atoms with Gasteiger partial charge in [-0.3, -0.25) is 4.57 Å². The van der Waals surface area contributed by atoms with Crippen LogP contribution in [0.5, 0.6) is 5.75 Å². The minimum atomic E-state index is 0.781. The molecule has 5 rings (SSSR count). The first-order chi connectivity index (χ1) is 16.3. The number of hydrogen-bond donors (Lipinski definition) is 1. The molecule has 0 spiro atoms. The first kappa shape index (κ1) is 20.8. The maximum absolute atomic E-state index is 5.26. The van der Waals surface area contributed by atoms with Crippen LogP contribution in [0.4, 0.5) is 5.69 Å². The van der Waals surface area contributed by atoms with Crippen LogP contribution >= 0.6 is 0 Å². The largest absolute Gasteiger partial charge is 0.497 e. The molecule has 0 aliphatic carbocycles. The molecule has 0 saturated heterocycles. The summed E-state index contributed by atoms with van der Waals surface area (Å²) in [6.07, 6.45) is 4.00. The molecule has 4 heteroatoms. The van der Waals surface area contributed by atoms with Gasteiger partial charge in [0.25, 0.3) is 0 Å². The molecule has 164 valence electrons. The van der Waals surface area contributed by atoms with Gasteiger partial charge in [0, 0.05) is 17.9 Å². The number of hydrogen-bond acceptors (Lipinski definition) is 3. The molecule has 0 saturated carbocycles. The van der Waals surface area contributed by atoms with Crippen molar-refractivity contribution in [1.82, 2.24) is 9.55 Å². The standard InChI is InChI=1S/C29H27N3O/c1-33-27-16-14-26(15-17-27)32-21-31-28-19-25(13-18-29(28)32)30-20-24-11-9-23(10-12-24)8-7-22-5-3-2-4-6-22/h2-6,9-19,21,30H,7-8,20H2,1H3. The number of nitrogens with zero attached hydrogens (tertiary/aromatic N) is 2.